The normalized spacial score (nSPS) is 10.2. The van der Waals surface area contributed by atoms with Crippen LogP contribution < -0.4 is 4.74 Å². The first-order valence-corrected chi connectivity index (χ1v) is 3.65. The molecule has 0 fully saturated rings. The van der Waals surface area contributed by atoms with Crippen LogP contribution in [0.25, 0.3) is 0 Å². The van der Waals surface area contributed by atoms with Crippen LogP contribution in [0.2, 0.25) is 0 Å². The SMILES string of the molecule is Cc1ccnc(OC(C)C)n1. The van der Waals surface area contributed by atoms with Crippen molar-refractivity contribution in [1.82, 2.24) is 9.97 Å². The van der Waals surface area contributed by atoms with Gasteiger partial charge in [-0.25, -0.2) is 9.97 Å². The van der Waals surface area contributed by atoms with E-state index in [2.05, 4.69) is 9.97 Å². The molecule has 0 unspecified atom stereocenters. The van der Waals surface area contributed by atoms with Crippen molar-refractivity contribution in [3.05, 3.63) is 18.0 Å². The summed E-state index contributed by atoms with van der Waals surface area (Å²) in [4.78, 5) is 8.03. The van der Waals surface area contributed by atoms with Crippen molar-refractivity contribution in [1.29, 1.82) is 0 Å². The smallest absolute Gasteiger partial charge is 0.316 e. The largest absolute Gasteiger partial charge is 0.461 e. The number of nitrogens with zero attached hydrogens (tertiary/aromatic N) is 2. The Morgan fingerprint density at radius 1 is 1.45 bits per heavy atom. The number of hydrogen-bond acceptors (Lipinski definition) is 3. The Labute approximate surface area is 66.4 Å². The molecule has 0 aliphatic rings. The molecule has 1 aromatic rings. The van der Waals surface area contributed by atoms with E-state index in [9.17, 15) is 0 Å². The van der Waals surface area contributed by atoms with Crippen molar-refractivity contribution in [2.45, 2.75) is 26.9 Å². The lowest BCUT2D eigenvalue weighted by Crippen LogP contribution is -2.08. The van der Waals surface area contributed by atoms with Gasteiger partial charge in [0.1, 0.15) is 0 Å². The van der Waals surface area contributed by atoms with E-state index in [1.54, 1.807) is 6.20 Å². The maximum Gasteiger partial charge on any atom is 0.316 e. The van der Waals surface area contributed by atoms with Crippen molar-refractivity contribution >= 4 is 0 Å². The van der Waals surface area contributed by atoms with E-state index in [0.29, 0.717) is 6.01 Å². The Balaban J connectivity index is 2.71. The fraction of sp³-hybridized carbons (Fsp3) is 0.500. The van der Waals surface area contributed by atoms with Crippen LogP contribution in [0.1, 0.15) is 19.5 Å². The fourth-order valence-electron chi connectivity index (χ4n) is 0.693. The first-order chi connectivity index (χ1) is 5.18. The highest BCUT2D eigenvalue weighted by Crippen LogP contribution is 2.03. The molecule has 3 heteroatoms. The predicted molar refractivity (Wildman–Crippen MR) is 42.5 cm³/mol. The van der Waals surface area contributed by atoms with Gasteiger partial charge in [-0.05, 0) is 26.8 Å². The van der Waals surface area contributed by atoms with Crippen molar-refractivity contribution < 1.29 is 4.74 Å². The molecule has 0 radical (unpaired) electrons. The van der Waals surface area contributed by atoms with Gasteiger partial charge in [0.2, 0.25) is 0 Å². The lowest BCUT2D eigenvalue weighted by molar-refractivity contribution is 0.221. The van der Waals surface area contributed by atoms with Crippen molar-refractivity contribution in [2.75, 3.05) is 0 Å². The summed E-state index contributed by atoms with van der Waals surface area (Å²) >= 11 is 0. The molecule has 11 heavy (non-hydrogen) atoms. The molecule has 3 nitrogen and oxygen atoms in total. The maximum atomic E-state index is 5.27. The van der Waals surface area contributed by atoms with Crippen LogP contribution in [-0.2, 0) is 0 Å². The molecule has 0 saturated carbocycles. The van der Waals surface area contributed by atoms with Crippen molar-refractivity contribution in [3.8, 4) is 6.01 Å². The zero-order valence-electron chi connectivity index (χ0n) is 7.03. The van der Waals surface area contributed by atoms with Gasteiger partial charge in [0.05, 0.1) is 6.10 Å². The third-order valence-corrected chi connectivity index (χ3v) is 1.11. The van der Waals surface area contributed by atoms with Crippen LogP contribution in [0.4, 0.5) is 0 Å². The van der Waals surface area contributed by atoms with Gasteiger partial charge in [-0.1, -0.05) is 0 Å². The first kappa shape index (κ1) is 7.98. The summed E-state index contributed by atoms with van der Waals surface area (Å²) in [5.74, 6) is 0. The standard InChI is InChI=1S/C8H12N2O/c1-6(2)11-8-9-5-4-7(3)10-8/h4-6H,1-3H3. The van der Waals surface area contributed by atoms with Gasteiger partial charge in [0.15, 0.2) is 0 Å². The van der Waals surface area contributed by atoms with Crippen LogP contribution >= 0.6 is 0 Å². The summed E-state index contributed by atoms with van der Waals surface area (Å²) in [7, 11) is 0. The molecule has 0 N–H and O–H groups in total. The minimum atomic E-state index is 0.136. The summed E-state index contributed by atoms with van der Waals surface area (Å²) in [6.45, 7) is 5.81. The van der Waals surface area contributed by atoms with E-state index in [1.165, 1.54) is 0 Å². The minimum absolute atomic E-state index is 0.136. The van der Waals surface area contributed by atoms with E-state index >= 15 is 0 Å². The minimum Gasteiger partial charge on any atom is -0.461 e. The molecule has 0 atom stereocenters. The average Bonchev–Trinajstić information content (AvgIpc) is 1.85. The van der Waals surface area contributed by atoms with Crippen molar-refractivity contribution in [2.24, 2.45) is 0 Å². The molecule has 1 aromatic heterocycles. The number of aryl methyl sites for hydroxylation is 1. The molecular formula is C8H12N2O. The Morgan fingerprint density at radius 3 is 2.73 bits per heavy atom. The lowest BCUT2D eigenvalue weighted by Gasteiger charge is -2.06. The lowest BCUT2D eigenvalue weighted by atomic mass is 10.5. The third-order valence-electron chi connectivity index (χ3n) is 1.11. The maximum absolute atomic E-state index is 5.27. The molecule has 0 saturated heterocycles. The van der Waals surface area contributed by atoms with Crippen LogP contribution in [0, 0.1) is 6.92 Å². The van der Waals surface area contributed by atoms with E-state index in [4.69, 9.17) is 4.74 Å². The van der Waals surface area contributed by atoms with Crippen LogP contribution in [-0.4, -0.2) is 16.1 Å². The van der Waals surface area contributed by atoms with E-state index in [-0.39, 0.29) is 6.10 Å². The monoisotopic (exact) mass is 152 g/mol. The zero-order chi connectivity index (χ0) is 8.27. The number of rotatable bonds is 2. The van der Waals surface area contributed by atoms with Crippen LogP contribution in [0.15, 0.2) is 12.3 Å². The summed E-state index contributed by atoms with van der Waals surface area (Å²) in [6, 6.07) is 2.30. The van der Waals surface area contributed by atoms with Gasteiger partial charge >= 0.3 is 6.01 Å². The van der Waals surface area contributed by atoms with Gasteiger partial charge in [0, 0.05) is 11.9 Å². The molecular weight excluding hydrogens is 140 g/mol. The molecule has 0 bridgehead atoms. The molecule has 0 spiro atoms. The molecule has 1 rings (SSSR count). The van der Waals surface area contributed by atoms with Gasteiger partial charge in [0.25, 0.3) is 0 Å². The van der Waals surface area contributed by atoms with Gasteiger partial charge in [-0.2, -0.15) is 0 Å². The highest BCUT2D eigenvalue weighted by molar-refractivity contribution is 5.03. The number of aromatic nitrogens is 2. The summed E-state index contributed by atoms with van der Waals surface area (Å²) in [6.07, 6.45) is 1.83. The quantitative estimate of drug-likeness (QED) is 0.645. The first-order valence-electron chi connectivity index (χ1n) is 3.65. The Kier molecular flexibility index (Phi) is 2.41. The summed E-state index contributed by atoms with van der Waals surface area (Å²) in [5, 5.41) is 0. The van der Waals surface area contributed by atoms with E-state index < -0.39 is 0 Å². The Bertz CT molecular complexity index is 235. The van der Waals surface area contributed by atoms with E-state index in [1.807, 2.05) is 26.8 Å². The second-order valence-corrected chi connectivity index (χ2v) is 2.65. The van der Waals surface area contributed by atoms with Crippen molar-refractivity contribution in [3.63, 3.8) is 0 Å². The molecule has 0 amide bonds. The average molecular weight is 152 g/mol. The molecule has 0 aromatic carbocycles. The second-order valence-electron chi connectivity index (χ2n) is 2.65. The highest BCUT2D eigenvalue weighted by atomic mass is 16.5. The Morgan fingerprint density at radius 2 is 2.18 bits per heavy atom. The van der Waals surface area contributed by atoms with Crippen LogP contribution in [0.3, 0.4) is 0 Å². The zero-order valence-corrected chi connectivity index (χ0v) is 7.03. The van der Waals surface area contributed by atoms with Crippen LogP contribution in [0.5, 0.6) is 6.01 Å². The topological polar surface area (TPSA) is 35.0 Å². The molecule has 0 aliphatic carbocycles. The molecule has 0 aliphatic heterocycles. The van der Waals surface area contributed by atoms with E-state index in [0.717, 1.165) is 5.69 Å². The predicted octanol–water partition coefficient (Wildman–Crippen LogP) is 1.57. The second kappa shape index (κ2) is 3.32. The Hall–Kier alpha value is -1.12. The molecule has 1 heterocycles. The highest BCUT2D eigenvalue weighted by Gasteiger charge is 1.98. The number of hydrogen-bond donors (Lipinski definition) is 0. The summed E-state index contributed by atoms with van der Waals surface area (Å²) in [5.41, 5.74) is 0.927. The van der Waals surface area contributed by atoms with Gasteiger partial charge in [-0.15, -0.1) is 0 Å². The third kappa shape index (κ3) is 2.53. The van der Waals surface area contributed by atoms with Gasteiger partial charge in [-0.3, -0.25) is 0 Å². The fourth-order valence-corrected chi connectivity index (χ4v) is 0.693. The summed E-state index contributed by atoms with van der Waals surface area (Å²) < 4.78 is 5.27. The molecule has 60 valence electrons. The number of ether oxygens (including phenoxy) is 1. The van der Waals surface area contributed by atoms with Gasteiger partial charge < -0.3 is 4.74 Å².